The highest BCUT2D eigenvalue weighted by Gasteiger charge is 2.39. The van der Waals surface area contributed by atoms with Gasteiger partial charge in [0.05, 0.1) is 29.9 Å². The minimum Gasteiger partial charge on any atom is -0.393 e. The van der Waals surface area contributed by atoms with Crippen molar-refractivity contribution in [2.75, 3.05) is 6.61 Å². The van der Waals surface area contributed by atoms with Crippen molar-refractivity contribution in [2.24, 2.45) is 0 Å². The Morgan fingerprint density at radius 3 is 1.94 bits per heavy atom. The lowest BCUT2D eigenvalue weighted by Crippen LogP contribution is -2.38. The van der Waals surface area contributed by atoms with Crippen LogP contribution in [0.25, 0.3) is 0 Å². The minimum atomic E-state index is -4.90. The van der Waals surface area contributed by atoms with E-state index in [-0.39, 0.29) is 18.2 Å². The van der Waals surface area contributed by atoms with Gasteiger partial charge in [-0.25, -0.2) is 0 Å². The fourth-order valence-electron chi connectivity index (χ4n) is 4.06. The Balaban J connectivity index is 1.87. The summed E-state index contributed by atoms with van der Waals surface area (Å²) >= 11 is 0. The second kappa shape index (κ2) is 8.82. The molecule has 0 heterocycles. The van der Waals surface area contributed by atoms with E-state index in [1.54, 1.807) is 0 Å². The Morgan fingerprint density at radius 1 is 0.935 bits per heavy atom. The molecule has 0 spiro atoms. The highest BCUT2D eigenvalue weighted by Crippen LogP contribution is 2.42. The summed E-state index contributed by atoms with van der Waals surface area (Å²) in [6.45, 7) is 1.58. The van der Waals surface area contributed by atoms with E-state index in [9.17, 15) is 31.4 Å². The number of ether oxygens (including phenoxy) is 1. The number of hydrogen-bond acceptors (Lipinski definition) is 2. The van der Waals surface area contributed by atoms with Crippen LogP contribution in [-0.4, -0.2) is 17.8 Å². The summed E-state index contributed by atoms with van der Waals surface area (Å²) in [7, 11) is 0. The summed E-state index contributed by atoms with van der Waals surface area (Å²) in [6.07, 6.45) is -8.88. The summed E-state index contributed by atoms with van der Waals surface area (Å²) in [6, 6.07) is 11.0. The lowest BCUT2D eigenvalue weighted by atomic mass is 9.69. The van der Waals surface area contributed by atoms with E-state index in [1.165, 1.54) is 6.92 Å². The smallest absolute Gasteiger partial charge is 0.393 e. The largest absolute Gasteiger partial charge is 0.416 e. The monoisotopic (exact) mass is 446 g/mol. The van der Waals surface area contributed by atoms with Gasteiger partial charge in [0, 0.05) is 5.41 Å². The maximum atomic E-state index is 13.2. The first kappa shape index (κ1) is 23.6. The average molecular weight is 446 g/mol. The molecule has 1 aliphatic rings. The Bertz CT molecular complexity index is 836. The molecule has 0 radical (unpaired) electrons. The first-order valence-corrected chi connectivity index (χ1v) is 10.1. The summed E-state index contributed by atoms with van der Waals surface area (Å²) in [5, 5.41) is 9.90. The molecule has 0 aromatic heterocycles. The van der Waals surface area contributed by atoms with Gasteiger partial charge in [-0.2, -0.15) is 26.3 Å². The van der Waals surface area contributed by atoms with Gasteiger partial charge in [-0.1, -0.05) is 30.3 Å². The second-order valence-corrected chi connectivity index (χ2v) is 8.17. The number of alkyl halides is 6. The molecule has 3 rings (SSSR count). The van der Waals surface area contributed by atoms with E-state index in [0.717, 1.165) is 5.56 Å². The van der Waals surface area contributed by atoms with Crippen LogP contribution < -0.4 is 0 Å². The van der Waals surface area contributed by atoms with Gasteiger partial charge in [-0.05, 0) is 61.9 Å². The molecule has 1 fully saturated rings. The predicted molar refractivity (Wildman–Crippen MR) is 103 cm³/mol. The molecule has 2 aromatic rings. The highest BCUT2D eigenvalue weighted by atomic mass is 19.4. The molecule has 0 aliphatic heterocycles. The summed E-state index contributed by atoms with van der Waals surface area (Å²) < 4.78 is 84.9. The van der Waals surface area contributed by atoms with Gasteiger partial charge in [0.25, 0.3) is 0 Å². The highest BCUT2D eigenvalue weighted by molar-refractivity contribution is 5.35. The molecule has 2 nitrogen and oxygen atoms in total. The number of halogens is 6. The van der Waals surface area contributed by atoms with Crippen LogP contribution in [0.4, 0.5) is 26.3 Å². The maximum absolute atomic E-state index is 13.2. The lowest BCUT2D eigenvalue weighted by Gasteiger charge is -2.40. The van der Waals surface area contributed by atoms with E-state index in [0.29, 0.717) is 37.8 Å². The van der Waals surface area contributed by atoms with E-state index in [1.807, 2.05) is 30.3 Å². The molecular formula is C23H24F6O2. The van der Waals surface area contributed by atoms with Gasteiger partial charge in [-0.3, -0.25) is 0 Å². The standard InChI is InChI=1S/C23H24F6O2/c1-15(16-11-18(22(24,25)26)13-19(12-16)23(27,28)29)31-14-21(9-7-20(30)8-10-21)17-5-3-2-4-6-17/h2-6,11-13,15,20,30H,7-10,14H2,1H3/t15-,20?,21?/m1/s1. The molecular weight excluding hydrogens is 422 g/mol. The SMILES string of the molecule is C[C@@H](OCC1(c2ccccc2)CCC(O)CC1)c1cc(C(F)(F)F)cc(C(F)(F)F)c1. The zero-order valence-corrected chi connectivity index (χ0v) is 16.9. The van der Waals surface area contributed by atoms with Crippen molar-refractivity contribution in [3.05, 3.63) is 70.8 Å². The van der Waals surface area contributed by atoms with Crippen molar-refractivity contribution in [1.29, 1.82) is 0 Å². The van der Waals surface area contributed by atoms with E-state index < -0.39 is 41.1 Å². The summed E-state index contributed by atoms with van der Waals surface area (Å²) in [5.74, 6) is 0. The number of hydrogen-bond donors (Lipinski definition) is 1. The number of aliphatic hydroxyl groups is 1. The summed E-state index contributed by atoms with van der Waals surface area (Å²) in [5.41, 5.74) is -2.36. The van der Waals surface area contributed by atoms with Crippen LogP contribution >= 0.6 is 0 Å². The third kappa shape index (κ3) is 5.60. The molecule has 1 N–H and O–H groups in total. The first-order valence-electron chi connectivity index (χ1n) is 10.1. The molecule has 2 aromatic carbocycles. The molecule has 170 valence electrons. The lowest BCUT2D eigenvalue weighted by molar-refractivity contribution is -0.143. The maximum Gasteiger partial charge on any atom is 0.416 e. The third-order valence-corrected chi connectivity index (χ3v) is 5.99. The van der Waals surface area contributed by atoms with E-state index in [4.69, 9.17) is 4.74 Å². The molecule has 31 heavy (non-hydrogen) atoms. The topological polar surface area (TPSA) is 29.5 Å². The van der Waals surface area contributed by atoms with Crippen molar-refractivity contribution in [3.63, 3.8) is 0 Å². The molecule has 1 atom stereocenters. The van der Waals surface area contributed by atoms with Gasteiger partial charge < -0.3 is 9.84 Å². The predicted octanol–water partition coefficient (Wildman–Crippen LogP) is 6.67. The van der Waals surface area contributed by atoms with Crippen molar-refractivity contribution >= 4 is 0 Å². The van der Waals surface area contributed by atoms with Gasteiger partial charge in [0.15, 0.2) is 0 Å². The Morgan fingerprint density at radius 2 is 1.45 bits per heavy atom. The van der Waals surface area contributed by atoms with Crippen LogP contribution in [0.1, 0.15) is 61.0 Å². The Hall–Kier alpha value is -2.06. The van der Waals surface area contributed by atoms with Crippen LogP contribution in [0, 0.1) is 0 Å². The molecule has 8 heteroatoms. The van der Waals surface area contributed by atoms with Crippen molar-refractivity contribution in [3.8, 4) is 0 Å². The normalized spacial score (nSPS) is 23.5. The van der Waals surface area contributed by atoms with E-state index in [2.05, 4.69) is 0 Å². The molecule has 0 unspecified atom stereocenters. The molecule has 0 amide bonds. The molecule has 0 bridgehead atoms. The van der Waals surface area contributed by atoms with E-state index >= 15 is 0 Å². The number of rotatable bonds is 5. The fraction of sp³-hybridized carbons (Fsp3) is 0.478. The van der Waals surface area contributed by atoms with Crippen molar-refractivity contribution < 1.29 is 36.2 Å². The zero-order chi connectivity index (χ0) is 22.9. The zero-order valence-electron chi connectivity index (χ0n) is 16.9. The average Bonchev–Trinajstić information content (AvgIpc) is 2.72. The second-order valence-electron chi connectivity index (χ2n) is 8.17. The number of aliphatic hydroxyl groups excluding tert-OH is 1. The molecule has 1 saturated carbocycles. The Labute approximate surface area is 176 Å². The first-order chi connectivity index (χ1) is 14.4. The Kier molecular flexibility index (Phi) is 6.72. The molecule has 0 saturated heterocycles. The third-order valence-electron chi connectivity index (χ3n) is 5.99. The van der Waals surface area contributed by atoms with Crippen molar-refractivity contribution in [1.82, 2.24) is 0 Å². The van der Waals surface area contributed by atoms with Crippen LogP contribution in [0.5, 0.6) is 0 Å². The van der Waals surface area contributed by atoms with Gasteiger partial charge in [0.2, 0.25) is 0 Å². The molecule has 1 aliphatic carbocycles. The number of benzene rings is 2. The summed E-state index contributed by atoms with van der Waals surface area (Å²) in [4.78, 5) is 0. The van der Waals surface area contributed by atoms with Crippen LogP contribution in [0.3, 0.4) is 0 Å². The van der Waals surface area contributed by atoms with Gasteiger partial charge in [-0.15, -0.1) is 0 Å². The van der Waals surface area contributed by atoms with Gasteiger partial charge >= 0.3 is 12.4 Å². The fourth-order valence-corrected chi connectivity index (χ4v) is 4.06. The van der Waals surface area contributed by atoms with Gasteiger partial charge in [0.1, 0.15) is 0 Å². The van der Waals surface area contributed by atoms with Crippen LogP contribution in [0.2, 0.25) is 0 Å². The van der Waals surface area contributed by atoms with Crippen LogP contribution in [0.15, 0.2) is 48.5 Å². The van der Waals surface area contributed by atoms with Crippen molar-refractivity contribution in [2.45, 2.75) is 62.6 Å². The van der Waals surface area contributed by atoms with Crippen LogP contribution in [-0.2, 0) is 22.5 Å². The minimum absolute atomic E-state index is 0.115. The quantitative estimate of drug-likeness (QED) is 0.520.